The van der Waals surface area contributed by atoms with E-state index in [4.69, 9.17) is 4.74 Å². The Hall–Kier alpha value is -1.63. The summed E-state index contributed by atoms with van der Waals surface area (Å²) in [6.07, 6.45) is 1.42. The molecule has 0 bridgehead atoms. The van der Waals surface area contributed by atoms with Crippen LogP contribution in [-0.2, 0) is 14.3 Å². The maximum Gasteiger partial charge on any atom is 0.321 e. The standard InChI is InChI=1S/C12H21N3O4/c1-8(10(16)14-12(18)13-2)15-6-4-9(5-7-15)11(17)19-3/h8-9H,4-7H2,1-3H3,(H2,13,14,16,18)/p+1/t8-/m0/s1. The zero-order valence-corrected chi connectivity index (χ0v) is 11.6. The van der Waals surface area contributed by atoms with Crippen molar-refractivity contribution in [3.8, 4) is 0 Å². The zero-order valence-electron chi connectivity index (χ0n) is 11.6. The number of rotatable bonds is 3. The van der Waals surface area contributed by atoms with Gasteiger partial charge in [-0.05, 0) is 6.92 Å². The fourth-order valence-corrected chi connectivity index (χ4v) is 2.29. The lowest BCUT2D eigenvalue weighted by molar-refractivity contribution is -0.919. The van der Waals surface area contributed by atoms with Crippen molar-refractivity contribution in [1.29, 1.82) is 0 Å². The van der Waals surface area contributed by atoms with Crippen LogP contribution >= 0.6 is 0 Å². The Kier molecular flexibility index (Phi) is 5.75. The van der Waals surface area contributed by atoms with Crippen LogP contribution in [0.5, 0.6) is 0 Å². The Morgan fingerprint density at radius 3 is 2.32 bits per heavy atom. The molecular formula is C12H22N3O4+. The minimum absolute atomic E-state index is 0.0667. The van der Waals surface area contributed by atoms with E-state index in [1.807, 2.05) is 0 Å². The number of hydrogen-bond acceptors (Lipinski definition) is 4. The Morgan fingerprint density at radius 1 is 1.26 bits per heavy atom. The van der Waals surface area contributed by atoms with E-state index in [0.29, 0.717) is 12.8 Å². The number of nitrogens with one attached hydrogen (secondary N) is 3. The van der Waals surface area contributed by atoms with Gasteiger partial charge in [0.05, 0.1) is 26.1 Å². The Balaban J connectivity index is 2.44. The van der Waals surface area contributed by atoms with Gasteiger partial charge < -0.3 is 15.0 Å². The first kappa shape index (κ1) is 15.4. The number of imide groups is 1. The van der Waals surface area contributed by atoms with Crippen molar-refractivity contribution in [1.82, 2.24) is 10.6 Å². The van der Waals surface area contributed by atoms with E-state index in [0.717, 1.165) is 18.0 Å². The van der Waals surface area contributed by atoms with Gasteiger partial charge in [0.1, 0.15) is 0 Å². The van der Waals surface area contributed by atoms with Gasteiger partial charge in [0, 0.05) is 19.9 Å². The predicted octanol–water partition coefficient (Wildman–Crippen LogP) is -1.70. The molecule has 0 saturated carbocycles. The Morgan fingerprint density at radius 2 is 1.84 bits per heavy atom. The van der Waals surface area contributed by atoms with Crippen LogP contribution in [0.4, 0.5) is 4.79 Å². The van der Waals surface area contributed by atoms with Gasteiger partial charge in [-0.2, -0.15) is 0 Å². The molecule has 0 radical (unpaired) electrons. The third-order valence-corrected chi connectivity index (χ3v) is 3.63. The number of methoxy groups -OCH3 is 1. The van der Waals surface area contributed by atoms with E-state index in [9.17, 15) is 14.4 Å². The summed E-state index contributed by atoms with van der Waals surface area (Å²) in [7, 11) is 2.85. The Bertz CT molecular complexity index is 351. The first-order valence-electron chi connectivity index (χ1n) is 6.44. The van der Waals surface area contributed by atoms with Gasteiger partial charge in [-0.1, -0.05) is 0 Å². The summed E-state index contributed by atoms with van der Waals surface area (Å²) < 4.78 is 4.72. The van der Waals surface area contributed by atoms with E-state index in [1.165, 1.54) is 14.2 Å². The lowest BCUT2D eigenvalue weighted by atomic mass is 9.96. The first-order chi connectivity index (χ1) is 8.99. The molecule has 7 nitrogen and oxygen atoms in total. The normalized spacial score (nSPS) is 24.2. The number of hydrogen-bond donors (Lipinski definition) is 3. The van der Waals surface area contributed by atoms with Gasteiger partial charge in [-0.15, -0.1) is 0 Å². The number of esters is 1. The third kappa shape index (κ3) is 4.20. The number of carbonyl (C=O) groups is 3. The van der Waals surface area contributed by atoms with Gasteiger partial charge in [-0.25, -0.2) is 4.79 Å². The highest BCUT2D eigenvalue weighted by molar-refractivity contribution is 5.96. The topological polar surface area (TPSA) is 88.9 Å². The molecule has 1 atom stereocenters. The number of urea groups is 1. The minimum Gasteiger partial charge on any atom is -0.469 e. The molecule has 3 N–H and O–H groups in total. The van der Waals surface area contributed by atoms with Crippen LogP contribution in [0.1, 0.15) is 19.8 Å². The summed E-state index contributed by atoms with van der Waals surface area (Å²) in [5, 5.41) is 4.61. The number of quaternary nitrogens is 1. The smallest absolute Gasteiger partial charge is 0.321 e. The van der Waals surface area contributed by atoms with E-state index < -0.39 is 6.03 Å². The zero-order chi connectivity index (χ0) is 14.4. The van der Waals surface area contributed by atoms with Crippen molar-refractivity contribution in [3.05, 3.63) is 0 Å². The van der Waals surface area contributed by atoms with Crippen LogP contribution in [0, 0.1) is 5.92 Å². The summed E-state index contributed by atoms with van der Waals surface area (Å²) in [5.74, 6) is -0.546. The molecule has 1 aliphatic rings. The second kappa shape index (κ2) is 7.08. The van der Waals surface area contributed by atoms with E-state index in [-0.39, 0.29) is 23.8 Å². The third-order valence-electron chi connectivity index (χ3n) is 3.63. The highest BCUT2D eigenvalue weighted by atomic mass is 16.5. The summed E-state index contributed by atoms with van der Waals surface area (Å²) >= 11 is 0. The second-order valence-electron chi connectivity index (χ2n) is 4.75. The van der Waals surface area contributed by atoms with Crippen molar-refractivity contribution in [3.63, 3.8) is 0 Å². The van der Waals surface area contributed by atoms with Gasteiger partial charge >= 0.3 is 12.0 Å². The Labute approximate surface area is 112 Å². The van der Waals surface area contributed by atoms with E-state index in [2.05, 4.69) is 10.6 Å². The number of ether oxygens (including phenoxy) is 1. The average molecular weight is 272 g/mol. The average Bonchev–Trinajstić information content (AvgIpc) is 2.45. The van der Waals surface area contributed by atoms with Crippen molar-refractivity contribution in [2.75, 3.05) is 27.2 Å². The molecular weight excluding hydrogens is 250 g/mol. The summed E-state index contributed by atoms with van der Waals surface area (Å²) in [6.45, 7) is 3.23. The van der Waals surface area contributed by atoms with Gasteiger partial charge in [0.25, 0.3) is 5.91 Å². The number of carbonyl (C=O) groups excluding carboxylic acids is 3. The molecule has 1 saturated heterocycles. The summed E-state index contributed by atoms with van der Waals surface area (Å²) in [6, 6.07) is -0.809. The molecule has 3 amide bonds. The molecule has 0 unspecified atom stereocenters. The maximum absolute atomic E-state index is 11.8. The molecule has 1 rings (SSSR count). The molecule has 7 heteroatoms. The number of piperidine rings is 1. The monoisotopic (exact) mass is 272 g/mol. The van der Waals surface area contributed by atoms with Crippen LogP contribution in [0.25, 0.3) is 0 Å². The second-order valence-corrected chi connectivity index (χ2v) is 4.75. The highest BCUT2D eigenvalue weighted by Crippen LogP contribution is 2.11. The lowest BCUT2D eigenvalue weighted by Gasteiger charge is -2.31. The molecule has 19 heavy (non-hydrogen) atoms. The number of likely N-dealkylation sites (tertiary alicyclic amines) is 1. The van der Waals surface area contributed by atoms with Crippen molar-refractivity contribution in [2.45, 2.75) is 25.8 Å². The van der Waals surface area contributed by atoms with Gasteiger partial charge in [-0.3, -0.25) is 14.9 Å². The van der Waals surface area contributed by atoms with Crippen molar-refractivity contribution >= 4 is 17.9 Å². The minimum atomic E-state index is -0.499. The van der Waals surface area contributed by atoms with E-state index >= 15 is 0 Å². The predicted molar refractivity (Wildman–Crippen MR) is 67.5 cm³/mol. The van der Waals surface area contributed by atoms with Gasteiger partial charge in [0.15, 0.2) is 6.04 Å². The molecule has 0 spiro atoms. The van der Waals surface area contributed by atoms with Crippen LogP contribution < -0.4 is 15.5 Å². The van der Waals surface area contributed by atoms with E-state index in [1.54, 1.807) is 6.92 Å². The quantitative estimate of drug-likeness (QED) is 0.534. The summed E-state index contributed by atoms with van der Waals surface area (Å²) in [4.78, 5) is 35.4. The molecule has 1 aliphatic heterocycles. The number of amides is 3. The fraction of sp³-hybridized carbons (Fsp3) is 0.750. The van der Waals surface area contributed by atoms with Crippen LogP contribution in [0.2, 0.25) is 0 Å². The summed E-state index contributed by atoms with van der Waals surface area (Å²) in [5.41, 5.74) is 0. The first-order valence-corrected chi connectivity index (χ1v) is 6.44. The molecule has 0 aromatic heterocycles. The molecule has 1 fully saturated rings. The van der Waals surface area contributed by atoms with Crippen molar-refractivity contribution in [2.24, 2.45) is 5.92 Å². The van der Waals surface area contributed by atoms with Crippen LogP contribution in [-0.4, -0.2) is 51.2 Å². The molecule has 1 heterocycles. The molecule has 0 aromatic rings. The largest absolute Gasteiger partial charge is 0.469 e. The SMILES string of the molecule is CNC(=O)NC(=O)[C@H](C)[NH+]1CCC(C(=O)OC)CC1. The maximum atomic E-state index is 11.8. The molecule has 0 aliphatic carbocycles. The lowest BCUT2D eigenvalue weighted by Crippen LogP contribution is -3.17. The molecule has 108 valence electrons. The fourth-order valence-electron chi connectivity index (χ4n) is 2.29. The van der Waals surface area contributed by atoms with Crippen LogP contribution in [0.15, 0.2) is 0 Å². The van der Waals surface area contributed by atoms with Crippen LogP contribution in [0.3, 0.4) is 0 Å². The van der Waals surface area contributed by atoms with Gasteiger partial charge in [0.2, 0.25) is 0 Å². The van der Waals surface area contributed by atoms with Crippen molar-refractivity contribution < 1.29 is 24.0 Å². The molecule has 0 aromatic carbocycles. The highest BCUT2D eigenvalue weighted by Gasteiger charge is 2.33.